The molecule has 0 radical (unpaired) electrons. The quantitative estimate of drug-likeness (QED) is 0.435. The van der Waals surface area contributed by atoms with Crippen LogP contribution in [0.1, 0.15) is 47.4 Å². The zero-order valence-electron chi connectivity index (χ0n) is 13.4. The first-order valence-electron chi connectivity index (χ1n) is 7.73. The number of carbonyl (C=O) groups excluding carboxylic acids is 2. The number of ether oxygens (including phenoxy) is 2. The number of ketones is 1. The van der Waals surface area contributed by atoms with Gasteiger partial charge < -0.3 is 9.47 Å². The summed E-state index contributed by atoms with van der Waals surface area (Å²) in [5, 5.41) is 0. The van der Waals surface area contributed by atoms with Gasteiger partial charge in [0.15, 0.2) is 5.78 Å². The normalized spacial score (nSPS) is 10.2. The number of hydrogen-bond donors (Lipinski definition) is 0. The molecule has 0 saturated heterocycles. The summed E-state index contributed by atoms with van der Waals surface area (Å²) in [6.07, 6.45) is 1.30. The van der Waals surface area contributed by atoms with Gasteiger partial charge in [-0.05, 0) is 42.8 Å². The second-order valence-corrected chi connectivity index (χ2v) is 5.04. The summed E-state index contributed by atoms with van der Waals surface area (Å²) in [5.41, 5.74) is 0.994. The number of carbonyl (C=O) groups is 2. The molecule has 0 amide bonds. The van der Waals surface area contributed by atoms with Crippen LogP contribution < -0.4 is 9.47 Å². The number of benzene rings is 2. The van der Waals surface area contributed by atoms with Crippen molar-refractivity contribution in [2.75, 3.05) is 6.61 Å². The predicted molar refractivity (Wildman–Crippen MR) is 88.3 cm³/mol. The van der Waals surface area contributed by atoms with Gasteiger partial charge in [0.1, 0.15) is 17.1 Å². The molecule has 0 saturated carbocycles. The molecule has 0 heterocycles. The molecule has 0 aliphatic carbocycles. The summed E-state index contributed by atoms with van der Waals surface area (Å²) in [5.74, 6) is 0.484. The maximum atomic E-state index is 12.3. The van der Waals surface area contributed by atoms with Gasteiger partial charge in [-0.15, -0.1) is 0 Å². The summed E-state index contributed by atoms with van der Waals surface area (Å²) < 4.78 is 10.9. The fraction of sp³-hybridized carbons (Fsp3) is 0.263. The lowest BCUT2D eigenvalue weighted by Crippen LogP contribution is -2.11. The highest BCUT2D eigenvalue weighted by atomic mass is 16.5. The first kappa shape index (κ1) is 16.7. The molecule has 0 fully saturated rings. The number of Topliss-reactive ketones (excluding diaryl/α,β-unsaturated/α-hetero) is 1. The van der Waals surface area contributed by atoms with Crippen molar-refractivity contribution in [2.24, 2.45) is 0 Å². The number of para-hydroxylation sites is 1. The van der Waals surface area contributed by atoms with E-state index in [9.17, 15) is 9.59 Å². The molecule has 0 aliphatic rings. The van der Waals surface area contributed by atoms with Crippen molar-refractivity contribution in [3.05, 3.63) is 59.7 Å². The van der Waals surface area contributed by atoms with Gasteiger partial charge in [-0.2, -0.15) is 0 Å². The highest BCUT2D eigenvalue weighted by Gasteiger charge is 2.14. The van der Waals surface area contributed by atoms with Crippen molar-refractivity contribution in [3.63, 3.8) is 0 Å². The van der Waals surface area contributed by atoms with E-state index in [4.69, 9.17) is 9.47 Å². The summed E-state index contributed by atoms with van der Waals surface area (Å²) >= 11 is 0. The zero-order chi connectivity index (χ0) is 16.7. The number of hydrogen-bond acceptors (Lipinski definition) is 4. The highest BCUT2D eigenvalue weighted by molar-refractivity contribution is 5.96. The van der Waals surface area contributed by atoms with E-state index in [0.717, 1.165) is 6.42 Å². The molecule has 0 spiro atoms. The van der Waals surface area contributed by atoms with Crippen molar-refractivity contribution in [3.8, 4) is 11.5 Å². The third-order valence-corrected chi connectivity index (χ3v) is 3.28. The minimum absolute atomic E-state index is 0.0567. The van der Waals surface area contributed by atoms with E-state index in [0.29, 0.717) is 35.7 Å². The fourth-order valence-corrected chi connectivity index (χ4v) is 2.05. The second-order valence-electron chi connectivity index (χ2n) is 5.04. The summed E-state index contributed by atoms with van der Waals surface area (Å²) in [6, 6.07) is 13.6. The maximum Gasteiger partial charge on any atom is 0.347 e. The Bertz CT molecular complexity index is 674. The number of esters is 1. The SMILES string of the molecule is CCCOc1ccccc1C(=O)Oc1ccc(C(=O)CC)cc1. The first-order valence-corrected chi connectivity index (χ1v) is 7.73. The Morgan fingerprint density at radius 2 is 1.65 bits per heavy atom. The van der Waals surface area contributed by atoms with Crippen LogP contribution in [0.25, 0.3) is 0 Å². The Kier molecular flexibility index (Phi) is 5.92. The van der Waals surface area contributed by atoms with Crippen LogP contribution in [0, 0.1) is 0 Å². The van der Waals surface area contributed by atoms with E-state index in [1.54, 1.807) is 42.5 Å². The third kappa shape index (κ3) is 4.42. The summed E-state index contributed by atoms with van der Waals surface area (Å²) in [7, 11) is 0. The molecule has 0 aliphatic heterocycles. The Morgan fingerprint density at radius 1 is 0.957 bits per heavy atom. The van der Waals surface area contributed by atoms with Gasteiger partial charge in [-0.25, -0.2) is 4.79 Å². The van der Waals surface area contributed by atoms with E-state index in [1.165, 1.54) is 0 Å². The van der Waals surface area contributed by atoms with Crippen LogP contribution in [0.15, 0.2) is 48.5 Å². The largest absolute Gasteiger partial charge is 0.493 e. The van der Waals surface area contributed by atoms with Crippen LogP contribution in [0.3, 0.4) is 0 Å². The van der Waals surface area contributed by atoms with Gasteiger partial charge >= 0.3 is 5.97 Å². The van der Waals surface area contributed by atoms with Gasteiger partial charge in [0, 0.05) is 12.0 Å². The lowest BCUT2D eigenvalue weighted by Gasteiger charge is -2.10. The molecule has 0 aromatic heterocycles. The van der Waals surface area contributed by atoms with Crippen molar-refractivity contribution in [1.82, 2.24) is 0 Å². The standard InChI is InChI=1S/C19H20O4/c1-3-13-22-18-8-6-5-7-16(18)19(21)23-15-11-9-14(10-12-15)17(20)4-2/h5-12H,3-4,13H2,1-2H3. The Hall–Kier alpha value is -2.62. The molecule has 0 unspecified atom stereocenters. The van der Waals surface area contributed by atoms with Gasteiger partial charge in [0.2, 0.25) is 0 Å². The van der Waals surface area contributed by atoms with Gasteiger partial charge in [0.25, 0.3) is 0 Å². The summed E-state index contributed by atoms with van der Waals surface area (Å²) in [6.45, 7) is 4.35. The Morgan fingerprint density at radius 3 is 2.30 bits per heavy atom. The molecule has 120 valence electrons. The molecule has 4 heteroatoms. The molecule has 0 bridgehead atoms. The van der Waals surface area contributed by atoms with Crippen LogP contribution >= 0.6 is 0 Å². The first-order chi connectivity index (χ1) is 11.2. The minimum Gasteiger partial charge on any atom is -0.493 e. The minimum atomic E-state index is -0.480. The van der Waals surface area contributed by atoms with Gasteiger partial charge in [0.05, 0.1) is 6.61 Å². The predicted octanol–water partition coefficient (Wildman–Crippen LogP) is 4.29. The van der Waals surface area contributed by atoms with Crippen molar-refractivity contribution in [2.45, 2.75) is 26.7 Å². The van der Waals surface area contributed by atoms with Crippen molar-refractivity contribution >= 4 is 11.8 Å². The Balaban J connectivity index is 2.11. The maximum absolute atomic E-state index is 12.3. The summed E-state index contributed by atoms with van der Waals surface area (Å²) in [4.78, 5) is 23.9. The lowest BCUT2D eigenvalue weighted by atomic mass is 10.1. The highest BCUT2D eigenvalue weighted by Crippen LogP contribution is 2.21. The molecule has 23 heavy (non-hydrogen) atoms. The van der Waals surface area contributed by atoms with E-state index in [-0.39, 0.29) is 5.78 Å². The second kappa shape index (κ2) is 8.13. The molecular weight excluding hydrogens is 292 g/mol. The van der Waals surface area contributed by atoms with Crippen molar-refractivity contribution in [1.29, 1.82) is 0 Å². The van der Waals surface area contributed by atoms with Crippen LogP contribution in [-0.2, 0) is 0 Å². The topological polar surface area (TPSA) is 52.6 Å². The molecule has 4 nitrogen and oxygen atoms in total. The molecular formula is C19H20O4. The van der Waals surface area contributed by atoms with Crippen LogP contribution in [-0.4, -0.2) is 18.4 Å². The van der Waals surface area contributed by atoms with Crippen molar-refractivity contribution < 1.29 is 19.1 Å². The van der Waals surface area contributed by atoms with E-state index in [1.807, 2.05) is 19.9 Å². The lowest BCUT2D eigenvalue weighted by molar-refractivity contribution is 0.0730. The molecule has 0 atom stereocenters. The smallest absolute Gasteiger partial charge is 0.347 e. The van der Waals surface area contributed by atoms with E-state index < -0.39 is 5.97 Å². The van der Waals surface area contributed by atoms with Crippen LogP contribution in [0.5, 0.6) is 11.5 Å². The average Bonchev–Trinajstić information content (AvgIpc) is 2.60. The molecule has 0 N–H and O–H groups in total. The molecule has 2 aromatic rings. The monoisotopic (exact) mass is 312 g/mol. The third-order valence-electron chi connectivity index (χ3n) is 3.28. The fourth-order valence-electron chi connectivity index (χ4n) is 2.05. The van der Waals surface area contributed by atoms with E-state index in [2.05, 4.69) is 0 Å². The van der Waals surface area contributed by atoms with Crippen LogP contribution in [0.4, 0.5) is 0 Å². The van der Waals surface area contributed by atoms with Crippen LogP contribution in [0.2, 0.25) is 0 Å². The average molecular weight is 312 g/mol. The zero-order valence-corrected chi connectivity index (χ0v) is 13.4. The van der Waals surface area contributed by atoms with E-state index >= 15 is 0 Å². The molecule has 2 rings (SSSR count). The Labute approximate surface area is 136 Å². The van der Waals surface area contributed by atoms with Gasteiger partial charge in [-0.3, -0.25) is 4.79 Å². The van der Waals surface area contributed by atoms with Gasteiger partial charge in [-0.1, -0.05) is 26.0 Å². The molecule has 2 aromatic carbocycles. The number of rotatable bonds is 7.